The molecule has 0 aromatic rings. The van der Waals surface area contributed by atoms with E-state index in [4.69, 9.17) is 5.73 Å². The number of methoxy groups -OCH3 is 1. The lowest BCUT2D eigenvalue weighted by Gasteiger charge is -1.97. The second kappa shape index (κ2) is 9.72. The molecule has 0 aromatic carbocycles. The van der Waals surface area contributed by atoms with Gasteiger partial charge in [-0.1, -0.05) is 6.42 Å². The van der Waals surface area contributed by atoms with E-state index in [9.17, 15) is 4.79 Å². The molecule has 0 heterocycles. The van der Waals surface area contributed by atoms with Crippen molar-refractivity contribution in [3.8, 4) is 0 Å². The Labute approximate surface area is 73.7 Å². The minimum Gasteiger partial charge on any atom is -1.00 e. The van der Waals surface area contributed by atoms with Gasteiger partial charge in [-0.25, -0.2) is 0 Å². The third kappa shape index (κ3) is 9.72. The fraction of sp³-hybridized carbons (Fsp3) is 0.857. The number of nitrogens with two attached hydrogens (primary N) is 1. The smallest absolute Gasteiger partial charge is 0.305 e. The van der Waals surface area contributed by atoms with Gasteiger partial charge in [0, 0.05) is 6.42 Å². The number of unbranched alkanes of at least 4 members (excludes halogenated alkanes) is 2. The molecular weight excluding hydrogens is 166 g/mol. The maximum atomic E-state index is 10.5. The second-order valence-electron chi connectivity index (χ2n) is 2.18. The van der Waals surface area contributed by atoms with Gasteiger partial charge in [0.1, 0.15) is 0 Å². The first-order valence-corrected chi connectivity index (χ1v) is 3.58. The van der Waals surface area contributed by atoms with Crippen LogP contribution >= 0.6 is 0 Å². The number of hydrogen-bond acceptors (Lipinski definition) is 3. The van der Waals surface area contributed by atoms with Crippen molar-refractivity contribution in [3.05, 3.63) is 0 Å². The Morgan fingerprint density at radius 1 is 1.36 bits per heavy atom. The van der Waals surface area contributed by atoms with Crippen molar-refractivity contribution < 1.29 is 21.9 Å². The molecule has 0 atom stereocenters. The lowest BCUT2D eigenvalue weighted by Crippen LogP contribution is -3.00. The average Bonchev–Trinajstić information content (AvgIpc) is 1.98. The van der Waals surface area contributed by atoms with Crippen LogP contribution in [0.2, 0.25) is 0 Å². The van der Waals surface area contributed by atoms with Crippen LogP contribution in [0.1, 0.15) is 25.7 Å². The minimum atomic E-state index is -0.128. The van der Waals surface area contributed by atoms with E-state index in [0.29, 0.717) is 13.0 Å². The summed E-state index contributed by atoms with van der Waals surface area (Å²) in [5, 5.41) is 0. The summed E-state index contributed by atoms with van der Waals surface area (Å²) in [6.45, 7) is 0.709. The summed E-state index contributed by atoms with van der Waals surface area (Å²) in [5.74, 6) is -0.128. The number of carbonyl (C=O) groups excluding carboxylic acids is 1. The van der Waals surface area contributed by atoms with Crippen LogP contribution in [0.4, 0.5) is 0 Å². The molecule has 0 aliphatic rings. The van der Waals surface area contributed by atoms with Crippen molar-refractivity contribution in [3.63, 3.8) is 0 Å². The number of carbonyl (C=O) groups is 1. The number of ether oxygens (including phenoxy) is 1. The minimum absolute atomic E-state index is 0. The van der Waals surface area contributed by atoms with Crippen molar-refractivity contribution in [1.29, 1.82) is 0 Å². The number of esters is 1. The lowest BCUT2D eigenvalue weighted by atomic mass is 10.2. The first-order chi connectivity index (χ1) is 4.81. The van der Waals surface area contributed by atoms with Gasteiger partial charge in [0.2, 0.25) is 0 Å². The van der Waals surface area contributed by atoms with E-state index in [-0.39, 0.29) is 18.4 Å². The van der Waals surface area contributed by atoms with Crippen molar-refractivity contribution in [2.24, 2.45) is 5.73 Å². The Hall–Kier alpha value is -0.280. The largest absolute Gasteiger partial charge is 1.00 e. The monoisotopic (exact) mass is 180 g/mol. The van der Waals surface area contributed by atoms with E-state index in [1.54, 1.807) is 0 Å². The molecule has 0 aliphatic carbocycles. The number of halogens is 1. The predicted octanol–water partition coefficient (Wildman–Crippen LogP) is -2.32. The molecule has 4 heteroatoms. The van der Waals surface area contributed by atoms with Crippen LogP contribution < -0.4 is 18.1 Å². The highest BCUT2D eigenvalue weighted by Gasteiger charge is 1.97. The van der Waals surface area contributed by atoms with E-state index < -0.39 is 0 Å². The molecule has 0 amide bonds. The lowest BCUT2D eigenvalue weighted by molar-refractivity contribution is -0.140. The van der Waals surface area contributed by atoms with Gasteiger partial charge in [0.25, 0.3) is 0 Å². The van der Waals surface area contributed by atoms with Gasteiger partial charge in [-0.3, -0.25) is 4.79 Å². The summed E-state index contributed by atoms with van der Waals surface area (Å²) in [5.41, 5.74) is 5.26. The van der Waals surface area contributed by atoms with Crippen LogP contribution in [0.5, 0.6) is 0 Å². The van der Waals surface area contributed by atoms with E-state index in [1.165, 1.54) is 7.11 Å². The Bertz CT molecular complexity index is 98.4. The quantitative estimate of drug-likeness (QED) is 0.382. The van der Waals surface area contributed by atoms with Gasteiger partial charge in [-0.2, -0.15) is 0 Å². The summed E-state index contributed by atoms with van der Waals surface area (Å²) in [6, 6.07) is 0. The van der Waals surface area contributed by atoms with Crippen LogP contribution in [0.3, 0.4) is 0 Å². The highest BCUT2D eigenvalue weighted by molar-refractivity contribution is 5.68. The molecular formula is C7H15ClNO2-. The standard InChI is InChI=1S/C7H15NO2.ClH/c1-10-7(9)5-3-2-4-6-8;/h2-6,8H2,1H3;1H/p-1. The molecule has 0 saturated heterocycles. The van der Waals surface area contributed by atoms with Gasteiger partial charge in [0.05, 0.1) is 7.11 Å². The van der Waals surface area contributed by atoms with Crippen LogP contribution in [0.15, 0.2) is 0 Å². The van der Waals surface area contributed by atoms with Gasteiger partial charge >= 0.3 is 5.97 Å². The maximum Gasteiger partial charge on any atom is 0.305 e. The van der Waals surface area contributed by atoms with E-state index in [0.717, 1.165) is 19.3 Å². The second-order valence-corrected chi connectivity index (χ2v) is 2.18. The van der Waals surface area contributed by atoms with Crippen molar-refractivity contribution >= 4 is 5.97 Å². The number of rotatable bonds is 5. The van der Waals surface area contributed by atoms with Crippen LogP contribution in [-0.2, 0) is 9.53 Å². The van der Waals surface area contributed by atoms with Crippen molar-refractivity contribution in [2.45, 2.75) is 25.7 Å². The van der Waals surface area contributed by atoms with Gasteiger partial charge < -0.3 is 22.9 Å². The molecule has 0 fully saturated rings. The zero-order valence-electron chi connectivity index (χ0n) is 6.81. The highest BCUT2D eigenvalue weighted by Crippen LogP contribution is 1.98. The summed E-state index contributed by atoms with van der Waals surface area (Å²) < 4.78 is 4.46. The first-order valence-electron chi connectivity index (χ1n) is 3.58. The third-order valence-electron chi connectivity index (χ3n) is 1.31. The predicted molar refractivity (Wildman–Crippen MR) is 39.5 cm³/mol. The van der Waals surface area contributed by atoms with Crippen molar-refractivity contribution in [2.75, 3.05) is 13.7 Å². The van der Waals surface area contributed by atoms with Crippen LogP contribution in [-0.4, -0.2) is 19.6 Å². The summed E-state index contributed by atoms with van der Waals surface area (Å²) in [6.07, 6.45) is 3.43. The molecule has 3 nitrogen and oxygen atoms in total. The molecule has 11 heavy (non-hydrogen) atoms. The van der Waals surface area contributed by atoms with Gasteiger partial charge in [-0.05, 0) is 19.4 Å². The van der Waals surface area contributed by atoms with E-state index in [2.05, 4.69) is 4.74 Å². The van der Waals surface area contributed by atoms with Crippen LogP contribution in [0, 0.1) is 0 Å². The fourth-order valence-electron chi connectivity index (χ4n) is 0.693. The third-order valence-corrected chi connectivity index (χ3v) is 1.31. The zero-order valence-corrected chi connectivity index (χ0v) is 7.56. The first kappa shape index (κ1) is 13.3. The van der Waals surface area contributed by atoms with Crippen molar-refractivity contribution in [1.82, 2.24) is 0 Å². The van der Waals surface area contributed by atoms with E-state index >= 15 is 0 Å². The normalized spacial score (nSPS) is 8.55. The molecule has 0 aromatic heterocycles. The SMILES string of the molecule is COC(=O)CCCCCN.[Cl-]. The molecule has 0 rings (SSSR count). The van der Waals surface area contributed by atoms with Gasteiger partial charge in [-0.15, -0.1) is 0 Å². The topological polar surface area (TPSA) is 52.3 Å². The molecule has 0 radical (unpaired) electrons. The Balaban J connectivity index is 0. The molecule has 0 spiro atoms. The van der Waals surface area contributed by atoms with Gasteiger partial charge in [0.15, 0.2) is 0 Å². The Morgan fingerprint density at radius 2 is 2.00 bits per heavy atom. The Morgan fingerprint density at radius 3 is 2.45 bits per heavy atom. The summed E-state index contributed by atoms with van der Waals surface area (Å²) in [7, 11) is 1.41. The molecule has 0 saturated carbocycles. The van der Waals surface area contributed by atoms with E-state index in [1.807, 2.05) is 0 Å². The average molecular weight is 181 g/mol. The fourth-order valence-corrected chi connectivity index (χ4v) is 0.693. The molecule has 0 bridgehead atoms. The Kier molecular flexibility index (Phi) is 11.8. The molecule has 0 aliphatic heterocycles. The van der Waals surface area contributed by atoms with Crippen LogP contribution in [0.25, 0.3) is 0 Å². The number of hydrogen-bond donors (Lipinski definition) is 1. The molecule has 0 unspecified atom stereocenters. The zero-order chi connectivity index (χ0) is 7.82. The molecule has 2 N–H and O–H groups in total. The summed E-state index contributed by atoms with van der Waals surface area (Å²) >= 11 is 0. The molecule has 68 valence electrons. The summed E-state index contributed by atoms with van der Waals surface area (Å²) in [4.78, 5) is 10.5. The maximum absolute atomic E-state index is 10.5. The highest BCUT2D eigenvalue weighted by atomic mass is 35.5.